The van der Waals surface area contributed by atoms with E-state index in [1.165, 1.54) is 6.20 Å². The minimum Gasteiger partial charge on any atom is -0.497 e. The lowest BCUT2D eigenvalue weighted by Crippen LogP contribution is -2.30. The summed E-state index contributed by atoms with van der Waals surface area (Å²) in [5.41, 5.74) is 1.63. The molecule has 0 fully saturated rings. The van der Waals surface area contributed by atoms with Gasteiger partial charge in [0.25, 0.3) is 5.91 Å². The Morgan fingerprint density at radius 2 is 1.84 bits per heavy atom. The number of hydrogen-bond acceptors (Lipinski definition) is 4. The fourth-order valence-electron chi connectivity index (χ4n) is 2.26. The summed E-state index contributed by atoms with van der Waals surface area (Å²) in [6.45, 7) is 1.04. The largest absolute Gasteiger partial charge is 0.497 e. The van der Waals surface area contributed by atoms with Gasteiger partial charge in [-0.1, -0.05) is 12.1 Å². The first kappa shape index (κ1) is 18.4. The molecule has 0 saturated heterocycles. The predicted molar refractivity (Wildman–Crippen MR) is 95.5 cm³/mol. The summed E-state index contributed by atoms with van der Waals surface area (Å²) in [6.07, 6.45) is 4.96. The van der Waals surface area contributed by atoms with Gasteiger partial charge in [0.05, 0.1) is 12.7 Å². The number of amides is 2. The van der Waals surface area contributed by atoms with Crippen molar-refractivity contribution in [2.24, 2.45) is 0 Å². The van der Waals surface area contributed by atoms with Crippen molar-refractivity contribution in [3.05, 3.63) is 59.9 Å². The molecule has 0 aliphatic rings. The SMILES string of the molecule is COc1ccc(CCC(=O)NCCCNC(=O)c2cccnc2)cc1. The maximum atomic E-state index is 11.8. The van der Waals surface area contributed by atoms with Gasteiger partial charge < -0.3 is 15.4 Å². The molecule has 0 unspecified atom stereocenters. The topological polar surface area (TPSA) is 80.3 Å². The average molecular weight is 341 g/mol. The molecular formula is C19H23N3O3. The highest BCUT2D eigenvalue weighted by Gasteiger charge is 2.05. The maximum absolute atomic E-state index is 11.8. The van der Waals surface area contributed by atoms with E-state index in [1.54, 1.807) is 25.4 Å². The molecule has 1 aromatic carbocycles. The lowest BCUT2D eigenvalue weighted by Gasteiger charge is -2.07. The molecule has 1 heterocycles. The zero-order valence-electron chi connectivity index (χ0n) is 14.3. The number of carbonyl (C=O) groups excluding carboxylic acids is 2. The van der Waals surface area contributed by atoms with Crippen LogP contribution in [0.1, 0.15) is 28.8 Å². The Hall–Kier alpha value is -2.89. The standard InChI is InChI=1S/C19H23N3O3/c1-25-17-8-5-15(6-9-17)7-10-18(23)21-12-3-13-22-19(24)16-4-2-11-20-14-16/h2,4-6,8-9,11,14H,3,7,10,12-13H2,1H3,(H,21,23)(H,22,24). The first-order valence-corrected chi connectivity index (χ1v) is 8.27. The van der Waals surface area contributed by atoms with Crippen molar-refractivity contribution >= 4 is 11.8 Å². The van der Waals surface area contributed by atoms with Crippen LogP contribution in [0, 0.1) is 0 Å². The molecule has 2 amide bonds. The Morgan fingerprint density at radius 1 is 1.08 bits per heavy atom. The van der Waals surface area contributed by atoms with Gasteiger partial charge in [0, 0.05) is 31.9 Å². The van der Waals surface area contributed by atoms with Crippen molar-refractivity contribution in [1.29, 1.82) is 0 Å². The molecule has 2 aromatic rings. The molecule has 6 nitrogen and oxygen atoms in total. The van der Waals surface area contributed by atoms with Crippen LogP contribution in [-0.2, 0) is 11.2 Å². The average Bonchev–Trinajstić information content (AvgIpc) is 2.67. The molecule has 0 atom stereocenters. The van der Waals surface area contributed by atoms with E-state index in [0.717, 1.165) is 11.3 Å². The highest BCUT2D eigenvalue weighted by atomic mass is 16.5. The highest BCUT2D eigenvalue weighted by molar-refractivity contribution is 5.93. The maximum Gasteiger partial charge on any atom is 0.252 e. The third-order valence-electron chi connectivity index (χ3n) is 3.68. The van der Waals surface area contributed by atoms with E-state index in [4.69, 9.17) is 4.74 Å². The summed E-state index contributed by atoms with van der Waals surface area (Å²) in [6, 6.07) is 11.1. The number of hydrogen-bond donors (Lipinski definition) is 2. The molecule has 6 heteroatoms. The van der Waals surface area contributed by atoms with Crippen LogP contribution < -0.4 is 15.4 Å². The number of benzene rings is 1. The van der Waals surface area contributed by atoms with Crippen LogP contribution in [0.5, 0.6) is 5.75 Å². The number of nitrogens with one attached hydrogen (secondary N) is 2. The van der Waals surface area contributed by atoms with Gasteiger partial charge in [-0.05, 0) is 42.7 Å². The summed E-state index contributed by atoms with van der Waals surface area (Å²) in [5, 5.41) is 5.66. The molecule has 0 bridgehead atoms. The molecule has 0 aliphatic heterocycles. The summed E-state index contributed by atoms with van der Waals surface area (Å²) in [7, 11) is 1.63. The molecule has 2 rings (SSSR count). The van der Waals surface area contributed by atoms with Crippen LogP contribution in [-0.4, -0.2) is 37.0 Å². The van der Waals surface area contributed by atoms with Crippen molar-refractivity contribution < 1.29 is 14.3 Å². The van der Waals surface area contributed by atoms with Crippen molar-refractivity contribution in [3.63, 3.8) is 0 Å². The molecule has 132 valence electrons. The van der Waals surface area contributed by atoms with Crippen LogP contribution in [0.4, 0.5) is 0 Å². The normalized spacial score (nSPS) is 10.1. The first-order chi connectivity index (χ1) is 12.2. The van der Waals surface area contributed by atoms with E-state index in [-0.39, 0.29) is 11.8 Å². The number of nitrogens with zero attached hydrogens (tertiary/aromatic N) is 1. The zero-order valence-corrected chi connectivity index (χ0v) is 14.3. The van der Waals surface area contributed by atoms with Gasteiger partial charge in [-0.2, -0.15) is 0 Å². The van der Waals surface area contributed by atoms with Crippen molar-refractivity contribution in [1.82, 2.24) is 15.6 Å². The van der Waals surface area contributed by atoms with E-state index in [0.29, 0.717) is 37.9 Å². The van der Waals surface area contributed by atoms with E-state index in [1.807, 2.05) is 24.3 Å². The summed E-state index contributed by atoms with van der Waals surface area (Å²) in [4.78, 5) is 27.5. The Kier molecular flexibility index (Phi) is 7.43. The number of pyridine rings is 1. The number of aryl methyl sites for hydroxylation is 1. The van der Waals surface area contributed by atoms with Gasteiger partial charge in [0.2, 0.25) is 5.91 Å². The van der Waals surface area contributed by atoms with Crippen molar-refractivity contribution in [3.8, 4) is 5.75 Å². The number of methoxy groups -OCH3 is 1. The zero-order chi connectivity index (χ0) is 17.9. The smallest absolute Gasteiger partial charge is 0.252 e. The van der Waals surface area contributed by atoms with Crippen LogP contribution in [0.15, 0.2) is 48.8 Å². The van der Waals surface area contributed by atoms with Gasteiger partial charge in [-0.15, -0.1) is 0 Å². The molecule has 0 radical (unpaired) electrons. The van der Waals surface area contributed by atoms with Crippen LogP contribution >= 0.6 is 0 Å². The predicted octanol–water partition coefficient (Wildman–Crippen LogP) is 1.96. The van der Waals surface area contributed by atoms with Crippen LogP contribution in [0.25, 0.3) is 0 Å². The van der Waals surface area contributed by atoms with Gasteiger partial charge >= 0.3 is 0 Å². The number of aromatic nitrogens is 1. The van der Waals surface area contributed by atoms with E-state index < -0.39 is 0 Å². The van der Waals surface area contributed by atoms with Crippen molar-refractivity contribution in [2.75, 3.05) is 20.2 Å². The quantitative estimate of drug-likeness (QED) is 0.683. The second kappa shape index (κ2) is 10.1. The summed E-state index contributed by atoms with van der Waals surface area (Å²) < 4.78 is 5.10. The third-order valence-corrected chi connectivity index (χ3v) is 3.68. The second-order valence-corrected chi connectivity index (χ2v) is 5.55. The summed E-state index contributed by atoms with van der Waals surface area (Å²) >= 11 is 0. The molecule has 0 spiro atoms. The fraction of sp³-hybridized carbons (Fsp3) is 0.316. The van der Waals surface area contributed by atoms with Gasteiger partial charge in [0.15, 0.2) is 0 Å². The monoisotopic (exact) mass is 341 g/mol. The number of rotatable bonds is 9. The number of ether oxygens (including phenoxy) is 1. The molecule has 1 aromatic heterocycles. The van der Waals surface area contributed by atoms with E-state index in [9.17, 15) is 9.59 Å². The molecule has 25 heavy (non-hydrogen) atoms. The third kappa shape index (κ3) is 6.63. The second-order valence-electron chi connectivity index (χ2n) is 5.55. The first-order valence-electron chi connectivity index (χ1n) is 8.27. The molecule has 0 saturated carbocycles. The molecule has 0 aliphatic carbocycles. The fourth-order valence-corrected chi connectivity index (χ4v) is 2.26. The minimum atomic E-state index is -0.154. The van der Waals surface area contributed by atoms with Crippen molar-refractivity contribution in [2.45, 2.75) is 19.3 Å². The van der Waals surface area contributed by atoms with E-state index in [2.05, 4.69) is 15.6 Å². The Morgan fingerprint density at radius 3 is 2.52 bits per heavy atom. The highest BCUT2D eigenvalue weighted by Crippen LogP contribution is 2.12. The lowest BCUT2D eigenvalue weighted by atomic mass is 10.1. The minimum absolute atomic E-state index is 0.00871. The Labute approximate surface area is 147 Å². The molecular weight excluding hydrogens is 318 g/mol. The molecule has 2 N–H and O–H groups in total. The van der Waals surface area contributed by atoms with Gasteiger partial charge in [0.1, 0.15) is 5.75 Å². The summed E-state index contributed by atoms with van der Waals surface area (Å²) in [5.74, 6) is 0.662. The Balaban J connectivity index is 1.56. The lowest BCUT2D eigenvalue weighted by molar-refractivity contribution is -0.121. The van der Waals surface area contributed by atoms with Crippen LogP contribution in [0.2, 0.25) is 0 Å². The Bertz CT molecular complexity index is 672. The van der Waals surface area contributed by atoms with Crippen LogP contribution in [0.3, 0.4) is 0 Å². The number of carbonyl (C=O) groups is 2. The van der Waals surface area contributed by atoms with Gasteiger partial charge in [-0.3, -0.25) is 14.6 Å². The van der Waals surface area contributed by atoms with E-state index >= 15 is 0 Å². The van der Waals surface area contributed by atoms with Gasteiger partial charge in [-0.25, -0.2) is 0 Å².